The van der Waals surface area contributed by atoms with E-state index in [9.17, 15) is 24.4 Å². The molecule has 5 aliphatic rings. The molecule has 246 valence electrons. The molecule has 49 heavy (non-hydrogen) atoms. The molecule has 4 amide bonds. The Labute approximate surface area is 292 Å². The molecule has 0 saturated carbocycles. The second-order valence-electron chi connectivity index (χ2n) is 14.5. The Hall–Kier alpha value is -5.04. The second-order valence-corrected chi connectivity index (χ2v) is 16.6. The summed E-state index contributed by atoms with van der Waals surface area (Å²) in [7, 11) is 2.74. The molecule has 2 aliphatic heterocycles. The molecule has 0 unspecified atom stereocenters. The van der Waals surface area contributed by atoms with Crippen LogP contribution in [-0.4, -0.2) is 58.9 Å². The van der Waals surface area contributed by atoms with Crippen molar-refractivity contribution in [1.29, 1.82) is 5.26 Å². The number of likely N-dealkylation sites (N-methyl/N-ethyl adjacent to an activating group) is 2. The number of hydrogen-bond acceptors (Lipinski definition) is 9. The number of aliphatic imine (C=N–C) groups is 2. The van der Waals surface area contributed by atoms with Crippen LogP contribution in [0.1, 0.15) is 87.4 Å². The summed E-state index contributed by atoms with van der Waals surface area (Å²) in [4.78, 5) is 71.0. The van der Waals surface area contributed by atoms with Crippen molar-refractivity contribution in [1.82, 2.24) is 9.80 Å². The largest absolute Gasteiger partial charge is 0.286 e. The highest BCUT2D eigenvalue weighted by Gasteiger charge is 2.52. The zero-order valence-electron chi connectivity index (χ0n) is 28.8. The molecule has 0 radical (unpaired) electrons. The molecular weight excluding hydrogens is 657 g/mol. The van der Waals surface area contributed by atoms with E-state index in [4.69, 9.17) is 16.6 Å². The van der Waals surface area contributed by atoms with Crippen LogP contribution in [0.25, 0.3) is 26.8 Å². The average molecular weight is 689 g/mol. The van der Waals surface area contributed by atoms with E-state index in [-0.39, 0.29) is 33.8 Å². The molecule has 2 aromatic heterocycles. The maximum atomic E-state index is 13.2. The van der Waals surface area contributed by atoms with E-state index in [2.05, 4.69) is 46.4 Å². The lowest BCUT2D eigenvalue weighted by Crippen LogP contribution is -2.44. The van der Waals surface area contributed by atoms with Crippen molar-refractivity contribution in [2.45, 2.75) is 71.6 Å². The minimum absolute atomic E-state index is 0.0838. The van der Waals surface area contributed by atoms with Crippen LogP contribution >= 0.6 is 22.7 Å². The molecule has 10 nitrogen and oxygen atoms in total. The van der Waals surface area contributed by atoms with Gasteiger partial charge in [-0.05, 0) is 53.8 Å². The summed E-state index contributed by atoms with van der Waals surface area (Å²) in [5.41, 5.74) is 5.19. The normalized spacial score (nSPS) is 23.2. The number of amides is 4. The fourth-order valence-corrected chi connectivity index (χ4v) is 10.9. The van der Waals surface area contributed by atoms with E-state index in [0.29, 0.717) is 11.4 Å². The van der Waals surface area contributed by atoms with Gasteiger partial charge >= 0.3 is 0 Å². The summed E-state index contributed by atoms with van der Waals surface area (Å²) >= 11 is 3.42. The van der Waals surface area contributed by atoms with E-state index in [1.807, 2.05) is 18.2 Å². The van der Waals surface area contributed by atoms with Crippen LogP contribution in [-0.2, 0) is 35.4 Å². The molecule has 0 bridgehead atoms. The lowest BCUT2D eigenvalue weighted by molar-refractivity contribution is -0.138. The summed E-state index contributed by atoms with van der Waals surface area (Å²) < 4.78 is 0. The summed E-state index contributed by atoms with van der Waals surface area (Å²) in [5, 5.41) is 9.64. The van der Waals surface area contributed by atoms with Crippen molar-refractivity contribution in [2.75, 3.05) is 14.1 Å². The SMILES string of the molecule is [C-]#[N+]C1=C(C)C(=NC2=Cc3sc4c(c3C2(C)C)C(C)(C)c2c-4sc3c2C(C)(C)C(N=C2C(=O)N(C)C(=O)C(C#N)=C2C)=C3)C(=O)N(C)C1=O. The number of fused-ring (bicyclic) bond motifs is 7. The highest BCUT2D eigenvalue weighted by atomic mass is 32.1. The van der Waals surface area contributed by atoms with Crippen LogP contribution < -0.4 is 0 Å². The third-order valence-electron chi connectivity index (χ3n) is 10.6. The first-order chi connectivity index (χ1) is 22.8. The molecule has 0 fully saturated rings. The van der Waals surface area contributed by atoms with Crippen molar-refractivity contribution >= 4 is 69.9 Å². The third-order valence-corrected chi connectivity index (χ3v) is 13.0. The van der Waals surface area contributed by atoms with Gasteiger partial charge in [-0.1, -0.05) is 41.5 Å². The quantitative estimate of drug-likeness (QED) is 0.271. The van der Waals surface area contributed by atoms with Crippen LogP contribution in [0.4, 0.5) is 0 Å². The predicted octanol–water partition coefficient (Wildman–Crippen LogP) is 6.29. The first-order valence-corrected chi connectivity index (χ1v) is 17.3. The van der Waals surface area contributed by atoms with E-state index in [0.717, 1.165) is 30.7 Å². The third kappa shape index (κ3) is 3.96. The minimum Gasteiger partial charge on any atom is -0.286 e. The minimum atomic E-state index is -0.625. The standard InChI is InChI=1S/C37H32N6O4S2/c1-15-17(14-38)31(44)42(10)33(46)27(15)40-20-12-18-22(35(20,3)4)24-29(48-18)30-25(37(24,7)8)23-19(49-30)13-21(36(23,5)6)41-28-16(2)26(39-9)32(45)43(11)34(28)47/h12-13H,1-8,10-11H3. The molecule has 0 N–H and O–H groups in total. The zero-order chi connectivity index (χ0) is 35.9. The van der Waals surface area contributed by atoms with Crippen LogP contribution in [0, 0.1) is 17.9 Å². The van der Waals surface area contributed by atoms with Crippen molar-refractivity contribution in [3.05, 3.63) is 77.2 Å². The highest BCUT2D eigenvalue weighted by molar-refractivity contribution is 7.23. The summed E-state index contributed by atoms with van der Waals surface area (Å²) in [6.07, 6.45) is 4.06. The van der Waals surface area contributed by atoms with Gasteiger partial charge in [-0.25, -0.2) is 14.8 Å². The van der Waals surface area contributed by atoms with Gasteiger partial charge in [0, 0.05) is 55.4 Å². The Balaban J connectivity index is 1.33. The summed E-state index contributed by atoms with van der Waals surface area (Å²) in [6, 6.07) is 1.94. The molecule has 12 heteroatoms. The Kier molecular flexibility index (Phi) is 6.64. The van der Waals surface area contributed by atoms with E-state index in [1.54, 1.807) is 36.5 Å². The van der Waals surface area contributed by atoms with Crippen molar-refractivity contribution in [3.8, 4) is 15.8 Å². The summed E-state index contributed by atoms with van der Waals surface area (Å²) in [6.45, 7) is 23.6. The Morgan fingerprint density at radius 3 is 1.55 bits per heavy atom. The Morgan fingerprint density at radius 1 is 0.694 bits per heavy atom. The number of rotatable bonds is 2. The first kappa shape index (κ1) is 32.5. The number of nitriles is 1. The molecule has 0 saturated heterocycles. The van der Waals surface area contributed by atoms with Crippen LogP contribution in [0.2, 0.25) is 0 Å². The number of imide groups is 2. The predicted molar refractivity (Wildman–Crippen MR) is 190 cm³/mol. The lowest BCUT2D eigenvalue weighted by atomic mass is 9.71. The van der Waals surface area contributed by atoms with Crippen molar-refractivity contribution in [3.63, 3.8) is 0 Å². The van der Waals surface area contributed by atoms with Gasteiger partial charge in [-0.15, -0.1) is 22.7 Å². The van der Waals surface area contributed by atoms with E-state index in [1.165, 1.54) is 35.0 Å². The Bertz CT molecular complexity index is 2190. The van der Waals surface area contributed by atoms with Gasteiger partial charge in [-0.2, -0.15) is 5.26 Å². The summed E-state index contributed by atoms with van der Waals surface area (Å²) in [5.74, 6) is -2.30. The second kappa shape index (κ2) is 10.0. The number of allylic oxidation sites excluding steroid dienone is 2. The van der Waals surface area contributed by atoms with E-state index >= 15 is 0 Å². The topological polar surface area (TPSA) is 128 Å². The van der Waals surface area contributed by atoms with Gasteiger partial charge in [0.2, 0.25) is 0 Å². The van der Waals surface area contributed by atoms with Crippen LogP contribution in [0.15, 0.2) is 43.8 Å². The van der Waals surface area contributed by atoms with Crippen molar-refractivity contribution < 1.29 is 19.2 Å². The van der Waals surface area contributed by atoms with Crippen molar-refractivity contribution in [2.24, 2.45) is 9.98 Å². The van der Waals surface area contributed by atoms with E-state index < -0.39 is 39.9 Å². The number of thiophene rings is 2. The molecule has 7 rings (SSSR count). The molecule has 0 aromatic carbocycles. The highest BCUT2D eigenvalue weighted by Crippen LogP contribution is 2.66. The molecule has 0 spiro atoms. The zero-order valence-corrected chi connectivity index (χ0v) is 30.4. The molecule has 2 aromatic rings. The number of carbonyl (C=O) groups excluding carboxylic acids is 4. The van der Waals surface area contributed by atoms with Gasteiger partial charge in [0.05, 0.1) is 18.0 Å². The van der Waals surface area contributed by atoms with Gasteiger partial charge in [0.15, 0.2) is 0 Å². The fraction of sp³-hybridized carbons (Fsp3) is 0.351. The maximum absolute atomic E-state index is 13.2. The van der Waals surface area contributed by atoms with Gasteiger partial charge < -0.3 is 0 Å². The molecular formula is C37H32N6O4S2. The maximum Gasteiger partial charge on any atom is 0.279 e. The van der Waals surface area contributed by atoms with Crippen LogP contribution in [0.3, 0.4) is 0 Å². The van der Waals surface area contributed by atoms with Gasteiger partial charge in [-0.3, -0.25) is 29.0 Å². The number of nitrogens with zero attached hydrogens (tertiary/aromatic N) is 6. The van der Waals surface area contributed by atoms with Crippen LogP contribution in [0.5, 0.6) is 0 Å². The molecule has 4 heterocycles. The van der Waals surface area contributed by atoms with Gasteiger partial charge in [0.25, 0.3) is 29.3 Å². The smallest absolute Gasteiger partial charge is 0.279 e. The number of carbonyl (C=O) groups is 4. The lowest BCUT2D eigenvalue weighted by Gasteiger charge is -2.32. The molecule has 0 atom stereocenters. The average Bonchev–Trinajstić information content (AvgIpc) is 3.77. The Morgan fingerprint density at radius 2 is 1.12 bits per heavy atom. The molecule has 3 aliphatic carbocycles. The monoisotopic (exact) mass is 688 g/mol. The van der Waals surface area contributed by atoms with Gasteiger partial charge in [0.1, 0.15) is 23.1 Å². The fourth-order valence-electron chi connectivity index (χ4n) is 7.66. The number of hydrogen-bond donors (Lipinski definition) is 0. The first-order valence-electron chi connectivity index (χ1n) is 15.6.